The molecule has 0 fully saturated rings. The minimum atomic E-state index is -3.55. The molecule has 0 radical (unpaired) electrons. The number of sulfonamides is 1. The first kappa shape index (κ1) is 15.6. The summed E-state index contributed by atoms with van der Waals surface area (Å²) in [5.41, 5.74) is 2.42. The number of rotatable bonds is 6. The molecule has 1 aromatic heterocycles. The lowest BCUT2D eigenvalue weighted by Crippen LogP contribution is -2.25. The van der Waals surface area contributed by atoms with Gasteiger partial charge in [0.1, 0.15) is 0 Å². The van der Waals surface area contributed by atoms with Gasteiger partial charge in [-0.15, -0.1) is 0 Å². The molecule has 0 aliphatic carbocycles. The van der Waals surface area contributed by atoms with E-state index in [1.54, 1.807) is 30.5 Å². The van der Waals surface area contributed by atoms with Gasteiger partial charge in [0.2, 0.25) is 10.0 Å². The van der Waals surface area contributed by atoms with Crippen molar-refractivity contribution in [2.24, 2.45) is 0 Å². The van der Waals surface area contributed by atoms with Crippen LogP contribution in [0.25, 0.3) is 0 Å². The molecule has 2 aromatic rings. The Morgan fingerprint density at radius 2 is 1.90 bits per heavy atom. The van der Waals surface area contributed by atoms with Crippen LogP contribution in [-0.4, -0.2) is 20.4 Å². The monoisotopic (exact) mass is 305 g/mol. The highest BCUT2D eigenvalue weighted by atomic mass is 32.2. The molecule has 5 nitrogen and oxygen atoms in total. The van der Waals surface area contributed by atoms with Crippen LogP contribution >= 0.6 is 0 Å². The Morgan fingerprint density at radius 1 is 1.10 bits per heavy atom. The number of hydrogen-bond acceptors (Lipinski definition) is 4. The number of hydrogen-bond donors (Lipinski definition) is 2. The SMILES string of the molecule is CNCc1cccc(S(=O)(=O)NCc2ccccn2)c1C. The number of pyridine rings is 1. The fourth-order valence-electron chi connectivity index (χ4n) is 2.08. The number of aromatic nitrogens is 1. The van der Waals surface area contributed by atoms with Gasteiger partial charge in [0.15, 0.2) is 0 Å². The van der Waals surface area contributed by atoms with Crippen LogP contribution in [0.15, 0.2) is 47.5 Å². The Hall–Kier alpha value is -1.76. The summed E-state index contributed by atoms with van der Waals surface area (Å²) in [6.45, 7) is 2.64. The predicted octanol–water partition coefficient (Wildman–Crippen LogP) is 1.59. The molecular weight excluding hydrogens is 286 g/mol. The van der Waals surface area contributed by atoms with Crippen molar-refractivity contribution in [2.45, 2.75) is 24.9 Å². The zero-order valence-corrected chi connectivity index (χ0v) is 12.9. The maximum atomic E-state index is 12.4. The topological polar surface area (TPSA) is 71.1 Å². The maximum Gasteiger partial charge on any atom is 0.241 e. The highest BCUT2D eigenvalue weighted by molar-refractivity contribution is 7.89. The molecule has 2 rings (SSSR count). The van der Waals surface area contributed by atoms with Crippen molar-refractivity contribution in [1.29, 1.82) is 0 Å². The van der Waals surface area contributed by atoms with E-state index in [4.69, 9.17) is 0 Å². The van der Waals surface area contributed by atoms with Gasteiger partial charge in [-0.3, -0.25) is 4.98 Å². The van der Waals surface area contributed by atoms with Crippen molar-refractivity contribution in [1.82, 2.24) is 15.0 Å². The van der Waals surface area contributed by atoms with Crippen molar-refractivity contribution in [3.05, 3.63) is 59.4 Å². The lowest BCUT2D eigenvalue weighted by Gasteiger charge is -2.12. The molecule has 1 heterocycles. The van der Waals surface area contributed by atoms with Crippen molar-refractivity contribution in [2.75, 3.05) is 7.05 Å². The van der Waals surface area contributed by atoms with Crippen LogP contribution in [0.2, 0.25) is 0 Å². The van der Waals surface area contributed by atoms with Gasteiger partial charge in [-0.25, -0.2) is 13.1 Å². The minimum Gasteiger partial charge on any atom is -0.316 e. The van der Waals surface area contributed by atoms with Crippen LogP contribution in [0.3, 0.4) is 0 Å². The summed E-state index contributed by atoms with van der Waals surface area (Å²) in [6, 6.07) is 10.7. The van der Waals surface area contributed by atoms with E-state index in [2.05, 4.69) is 15.0 Å². The van der Waals surface area contributed by atoms with E-state index in [0.29, 0.717) is 17.1 Å². The summed E-state index contributed by atoms with van der Waals surface area (Å²) >= 11 is 0. The second-order valence-electron chi connectivity index (χ2n) is 4.72. The van der Waals surface area contributed by atoms with Crippen molar-refractivity contribution in [3.63, 3.8) is 0 Å². The lowest BCUT2D eigenvalue weighted by atomic mass is 10.1. The van der Waals surface area contributed by atoms with Gasteiger partial charge >= 0.3 is 0 Å². The molecule has 1 aromatic carbocycles. The third-order valence-corrected chi connectivity index (χ3v) is 4.77. The first-order valence-corrected chi connectivity index (χ1v) is 8.15. The zero-order chi connectivity index (χ0) is 15.3. The predicted molar refractivity (Wildman–Crippen MR) is 82.2 cm³/mol. The van der Waals surface area contributed by atoms with E-state index in [1.807, 2.05) is 26.1 Å². The Labute approximate surface area is 125 Å². The lowest BCUT2D eigenvalue weighted by molar-refractivity contribution is 0.579. The van der Waals surface area contributed by atoms with Gasteiger partial charge in [-0.2, -0.15) is 0 Å². The summed E-state index contributed by atoms with van der Waals surface area (Å²) in [5.74, 6) is 0. The number of nitrogens with one attached hydrogen (secondary N) is 2. The Kier molecular flexibility index (Phi) is 5.06. The molecule has 0 spiro atoms. The third-order valence-electron chi connectivity index (χ3n) is 3.22. The van der Waals surface area contributed by atoms with E-state index in [1.165, 1.54) is 0 Å². The van der Waals surface area contributed by atoms with Gasteiger partial charge < -0.3 is 5.32 Å². The quantitative estimate of drug-likeness (QED) is 0.850. The third kappa shape index (κ3) is 3.87. The van der Waals surface area contributed by atoms with Crippen LogP contribution in [0.4, 0.5) is 0 Å². The van der Waals surface area contributed by atoms with Gasteiger partial charge in [-0.1, -0.05) is 18.2 Å². The fourth-order valence-corrected chi connectivity index (χ4v) is 3.37. The first-order valence-electron chi connectivity index (χ1n) is 6.67. The Bertz CT molecular complexity index is 700. The molecule has 6 heteroatoms. The molecule has 0 aliphatic rings. The van der Waals surface area contributed by atoms with Crippen molar-refractivity contribution >= 4 is 10.0 Å². The molecule has 0 saturated heterocycles. The summed E-state index contributed by atoms with van der Waals surface area (Å²) in [4.78, 5) is 4.42. The van der Waals surface area contributed by atoms with Crippen LogP contribution in [-0.2, 0) is 23.1 Å². The maximum absolute atomic E-state index is 12.4. The van der Waals surface area contributed by atoms with Gasteiger partial charge in [0.25, 0.3) is 0 Å². The standard InChI is InChI=1S/C15H19N3O2S/c1-12-13(10-16-2)6-5-8-15(12)21(19,20)18-11-14-7-3-4-9-17-14/h3-9,16,18H,10-11H2,1-2H3. The van der Waals surface area contributed by atoms with Gasteiger partial charge in [0.05, 0.1) is 17.1 Å². The Morgan fingerprint density at radius 3 is 2.57 bits per heavy atom. The van der Waals surface area contributed by atoms with Gasteiger partial charge in [-0.05, 0) is 43.3 Å². The highest BCUT2D eigenvalue weighted by Crippen LogP contribution is 2.19. The average Bonchev–Trinajstić information content (AvgIpc) is 2.48. The molecule has 0 bridgehead atoms. The molecule has 21 heavy (non-hydrogen) atoms. The molecule has 0 atom stereocenters. The minimum absolute atomic E-state index is 0.179. The largest absolute Gasteiger partial charge is 0.316 e. The van der Waals surface area contributed by atoms with Crippen molar-refractivity contribution < 1.29 is 8.42 Å². The second kappa shape index (κ2) is 6.80. The van der Waals surface area contributed by atoms with E-state index >= 15 is 0 Å². The van der Waals surface area contributed by atoms with E-state index in [9.17, 15) is 8.42 Å². The van der Waals surface area contributed by atoms with E-state index in [-0.39, 0.29) is 6.54 Å². The Balaban J connectivity index is 2.22. The fraction of sp³-hybridized carbons (Fsp3) is 0.267. The molecule has 0 aliphatic heterocycles. The normalized spacial score (nSPS) is 11.5. The average molecular weight is 305 g/mol. The molecule has 0 saturated carbocycles. The molecule has 2 N–H and O–H groups in total. The molecule has 112 valence electrons. The molecular formula is C15H19N3O2S. The van der Waals surface area contributed by atoms with Crippen LogP contribution in [0.5, 0.6) is 0 Å². The highest BCUT2D eigenvalue weighted by Gasteiger charge is 2.18. The summed E-state index contributed by atoms with van der Waals surface area (Å²) in [5, 5.41) is 3.04. The van der Waals surface area contributed by atoms with E-state index < -0.39 is 10.0 Å². The number of nitrogens with zero attached hydrogens (tertiary/aromatic N) is 1. The van der Waals surface area contributed by atoms with Crippen molar-refractivity contribution in [3.8, 4) is 0 Å². The van der Waals surface area contributed by atoms with Crippen LogP contribution < -0.4 is 10.0 Å². The summed E-state index contributed by atoms with van der Waals surface area (Å²) in [7, 11) is -1.71. The number of benzene rings is 1. The molecule has 0 amide bonds. The van der Waals surface area contributed by atoms with Gasteiger partial charge in [0, 0.05) is 12.7 Å². The van der Waals surface area contributed by atoms with E-state index in [0.717, 1.165) is 11.1 Å². The molecule has 0 unspecified atom stereocenters. The van der Waals surface area contributed by atoms with Crippen LogP contribution in [0, 0.1) is 6.92 Å². The summed E-state index contributed by atoms with van der Waals surface area (Å²) in [6.07, 6.45) is 1.64. The zero-order valence-electron chi connectivity index (χ0n) is 12.1. The van der Waals surface area contributed by atoms with Crippen LogP contribution in [0.1, 0.15) is 16.8 Å². The first-order chi connectivity index (χ1) is 10.0. The summed E-state index contributed by atoms with van der Waals surface area (Å²) < 4.78 is 27.4. The smallest absolute Gasteiger partial charge is 0.241 e. The second-order valence-corrected chi connectivity index (χ2v) is 6.45.